The summed E-state index contributed by atoms with van der Waals surface area (Å²) >= 11 is 6.04. The van der Waals surface area contributed by atoms with Gasteiger partial charge in [0.25, 0.3) is 0 Å². The molecule has 2 aliphatic heterocycles. The first kappa shape index (κ1) is 17.9. The van der Waals surface area contributed by atoms with Crippen LogP contribution in [-0.4, -0.2) is 51.2 Å². The summed E-state index contributed by atoms with van der Waals surface area (Å²) in [7, 11) is 0. The maximum absolute atomic E-state index is 10.3. The van der Waals surface area contributed by atoms with E-state index in [1.165, 1.54) is 6.07 Å². The number of rotatable bonds is 4. The molecule has 1 aromatic carbocycles. The van der Waals surface area contributed by atoms with Crippen molar-refractivity contribution in [3.63, 3.8) is 0 Å². The average molecular weight is 388 g/mol. The predicted molar refractivity (Wildman–Crippen MR) is 103 cm³/mol. The summed E-state index contributed by atoms with van der Waals surface area (Å²) in [5.74, 6) is -0.115. The number of aromatic nitrogens is 1. The van der Waals surface area contributed by atoms with E-state index in [1.807, 2.05) is 30.6 Å². The molecule has 142 valence electrons. The quantitative estimate of drug-likeness (QED) is 0.638. The van der Waals surface area contributed by atoms with Crippen molar-refractivity contribution in [1.29, 1.82) is 0 Å². The molecule has 0 aliphatic carbocycles. The molecule has 0 saturated carbocycles. The van der Waals surface area contributed by atoms with Crippen LogP contribution in [0.15, 0.2) is 48.4 Å². The molecule has 7 nitrogen and oxygen atoms in total. The molecule has 1 saturated heterocycles. The lowest BCUT2D eigenvalue weighted by Crippen LogP contribution is -2.46. The van der Waals surface area contributed by atoms with Gasteiger partial charge in [0.2, 0.25) is 0 Å². The van der Waals surface area contributed by atoms with Crippen molar-refractivity contribution in [1.82, 2.24) is 25.6 Å². The second kappa shape index (κ2) is 7.64. The highest BCUT2D eigenvalue weighted by molar-refractivity contribution is 6.32. The highest BCUT2D eigenvalue weighted by Crippen LogP contribution is 2.38. The number of nitrogens with one attached hydrogen (secondary N) is 2. The summed E-state index contributed by atoms with van der Waals surface area (Å²) in [5, 5.41) is 20.1. The second-order valence-electron chi connectivity index (χ2n) is 6.74. The first-order chi connectivity index (χ1) is 13.1. The van der Waals surface area contributed by atoms with Gasteiger partial charge < -0.3 is 20.5 Å². The smallest absolute Gasteiger partial charge is 0.137 e. The van der Waals surface area contributed by atoms with Crippen molar-refractivity contribution in [3.05, 3.63) is 64.7 Å². The first-order valence-electron chi connectivity index (χ1n) is 8.91. The van der Waals surface area contributed by atoms with Crippen LogP contribution in [-0.2, 0) is 6.54 Å². The maximum atomic E-state index is 10.3. The predicted octanol–water partition coefficient (Wildman–Crippen LogP) is 1.95. The Bertz CT molecular complexity index is 837. The molecule has 0 radical (unpaired) electrons. The van der Waals surface area contributed by atoms with Crippen molar-refractivity contribution in [2.45, 2.75) is 12.6 Å². The summed E-state index contributed by atoms with van der Waals surface area (Å²) in [6.45, 7) is 4.48. The zero-order valence-corrected chi connectivity index (χ0v) is 15.5. The van der Waals surface area contributed by atoms with Gasteiger partial charge in [-0.2, -0.15) is 0 Å². The standard InChI is InChI=1S/C19H22ClN5O2/c20-15-9-14(17(26)10-18(15)27)19-16(11-22-23-19)25-7-5-24(6-8-25)12-13-3-1-2-4-21-13/h1-4,9-11,19,22-23,26-27H,5-8,12H2. The molecule has 1 atom stereocenters. The minimum absolute atomic E-state index is 0.0118. The van der Waals surface area contributed by atoms with Crippen LogP contribution < -0.4 is 10.9 Å². The van der Waals surface area contributed by atoms with Crippen LogP contribution in [0.5, 0.6) is 11.5 Å². The Morgan fingerprint density at radius 2 is 1.93 bits per heavy atom. The molecule has 0 amide bonds. The van der Waals surface area contributed by atoms with Gasteiger partial charge in [-0.25, -0.2) is 5.43 Å². The largest absolute Gasteiger partial charge is 0.507 e. The van der Waals surface area contributed by atoms with E-state index in [0.717, 1.165) is 44.1 Å². The Hall–Kier alpha value is -2.48. The molecule has 1 unspecified atom stereocenters. The summed E-state index contributed by atoms with van der Waals surface area (Å²) in [6, 6.07) is 8.64. The van der Waals surface area contributed by atoms with Crippen molar-refractivity contribution < 1.29 is 10.2 Å². The Labute approximate surface area is 162 Å². The highest BCUT2D eigenvalue weighted by atomic mass is 35.5. The van der Waals surface area contributed by atoms with E-state index in [0.29, 0.717) is 5.56 Å². The van der Waals surface area contributed by atoms with E-state index in [1.54, 1.807) is 6.07 Å². The van der Waals surface area contributed by atoms with Gasteiger partial charge in [-0.3, -0.25) is 9.88 Å². The van der Waals surface area contributed by atoms with E-state index in [-0.39, 0.29) is 22.6 Å². The third kappa shape index (κ3) is 3.80. The molecule has 0 bridgehead atoms. The topological polar surface area (TPSA) is 83.9 Å². The Balaban J connectivity index is 1.43. The number of phenols is 2. The van der Waals surface area contributed by atoms with Gasteiger partial charge in [0.1, 0.15) is 11.5 Å². The van der Waals surface area contributed by atoms with E-state index in [9.17, 15) is 10.2 Å². The third-order valence-electron chi connectivity index (χ3n) is 5.00. The summed E-state index contributed by atoms with van der Waals surface area (Å²) in [4.78, 5) is 9.09. The van der Waals surface area contributed by atoms with Gasteiger partial charge in [-0.05, 0) is 18.2 Å². The maximum Gasteiger partial charge on any atom is 0.137 e. The lowest BCUT2D eigenvalue weighted by atomic mass is 10.0. The number of halogens is 1. The van der Waals surface area contributed by atoms with Crippen molar-refractivity contribution in [2.75, 3.05) is 26.2 Å². The number of piperazine rings is 1. The van der Waals surface area contributed by atoms with E-state index >= 15 is 0 Å². The SMILES string of the molecule is Oc1cc(O)c(C2NNC=C2N2CCN(Cc3ccccn3)CC2)cc1Cl. The highest BCUT2D eigenvalue weighted by Gasteiger charge is 2.30. The van der Waals surface area contributed by atoms with Crippen molar-refractivity contribution in [3.8, 4) is 11.5 Å². The lowest BCUT2D eigenvalue weighted by Gasteiger charge is -2.38. The molecule has 1 fully saturated rings. The number of phenolic OH excluding ortho intramolecular Hbond substituents is 2. The number of hydrazine groups is 1. The molecule has 3 heterocycles. The van der Waals surface area contributed by atoms with Gasteiger partial charge in [-0.15, -0.1) is 0 Å². The van der Waals surface area contributed by atoms with Crippen LogP contribution in [0.3, 0.4) is 0 Å². The number of pyridine rings is 1. The van der Waals surface area contributed by atoms with Crippen LogP contribution >= 0.6 is 11.6 Å². The minimum Gasteiger partial charge on any atom is -0.507 e. The summed E-state index contributed by atoms with van der Waals surface area (Å²) in [5.41, 5.74) is 8.94. The molecule has 0 spiro atoms. The van der Waals surface area contributed by atoms with Crippen LogP contribution in [0.25, 0.3) is 0 Å². The molecule has 2 aromatic rings. The minimum atomic E-state index is -0.231. The van der Waals surface area contributed by atoms with Crippen LogP contribution in [0.2, 0.25) is 5.02 Å². The third-order valence-corrected chi connectivity index (χ3v) is 5.30. The van der Waals surface area contributed by atoms with E-state index < -0.39 is 0 Å². The molecule has 8 heteroatoms. The van der Waals surface area contributed by atoms with Crippen LogP contribution in [0, 0.1) is 0 Å². The molecule has 1 aromatic heterocycles. The Morgan fingerprint density at radius 1 is 1.11 bits per heavy atom. The number of hydrogen-bond donors (Lipinski definition) is 4. The van der Waals surface area contributed by atoms with Crippen LogP contribution in [0.1, 0.15) is 17.3 Å². The molecular weight excluding hydrogens is 366 g/mol. The molecule has 27 heavy (non-hydrogen) atoms. The van der Waals surface area contributed by atoms with Gasteiger partial charge in [0.05, 0.1) is 22.5 Å². The summed E-state index contributed by atoms with van der Waals surface area (Å²) in [6.07, 6.45) is 3.74. The lowest BCUT2D eigenvalue weighted by molar-refractivity contribution is 0.146. The van der Waals surface area contributed by atoms with E-state index in [2.05, 4.69) is 25.6 Å². The summed E-state index contributed by atoms with van der Waals surface area (Å²) < 4.78 is 0. The normalized spacial score (nSPS) is 20.4. The van der Waals surface area contributed by atoms with Crippen molar-refractivity contribution in [2.24, 2.45) is 0 Å². The molecule has 4 N–H and O–H groups in total. The number of hydrogen-bond acceptors (Lipinski definition) is 7. The van der Waals surface area contributed by atoms with Gasteiger partial charge in [-0.1, -0.05) is 17.7 Å². The zero-order valence-electron chi connectivity index (χ0n) is 14.8. The fraction of sp³-hybridized carbons (Fsp3) is 0.316. The molecule has 4 rings (SSSR count). The molecular formula is C19H22ClN5O2. The van der Waals surface area contributed by atoms with Gasteiger partial charge in [0.15, 0.2) is 0 Å². The van der Waals surface area contributed by atoms with Crippen LogP contribution in [0.4, 0.5) is 0 Å². The fourth-order valence-electron chi connectivity index (χ4n) is 3.55. The second-order valence-corrected chi connectivity index (χ2v) is 7.14. The Kier molecular flexibility index (Phi) is 5.07. The monoisotopic (exact) mass is 387 g/mol. The molecule has 2 aliphatic rings. The first-order valence-corrected chi connectivity index (χ1v) is 9.29. The van der Waals surface area contributed by atoms with Gasteiger partial charge >= 0.3 is 0 Å². The van der Waals surface area contributed by atoms with E-state index in [4.69, 9.17) is 11.6 Å². The zero-order chi connectivity index (χ0) is 18.8. The average Bonchev–Trinajstić information content (AvgIpc) is 3.16. The van der Waals surface area contributed by atoms with Crippen molar-refractivity contribution >= 4 is 11.6 Å². The number of aromatic hydroxyl groups is 2. The number of benzene rings is 1. The fourth-order valence-corrected chi connectivity index (χ4v) is 3.72. The number of nitrogens with zero attached hydrogens (tertiary/aromatic N) is 3. The Morgan fingerprint density at radius 3 is 2.67 bits per heavy atom. The van der Waals surface area contributed by atoms with Gasteiger partial charge in [0, 0.05) is 56.8 Å².